The van der Waals surface area contributed by atoms with Crippen LogP contribution in [0.4, 0.5) is 10.7 Å². The molecule has 0 saturated heterocycles. The molecule has 1 aromatic heterocycles. The van der Waals surface area contributed by atoms with E-state index in [0.29, 0.717) is 16.3 Å². The third kappa shape index (κ3) is 3.76. The predicted octanol–water partition coefficient (Wildman–Crippen LogP) is 3.70. The molecule has 0 aliphatic rings. The van der Waals surface area contributed by atoms with Gasteiger partial charge in [0.2, 0.25) is 5.91 Å². The molecule has 0 spiro atoms. The number of amides is 1. The van der Waals surface area contributed by atoms with Crippen LogP contribution in [-0.4, -0.2) is 11.7 Å². The van der Waals surface area contributed by atoms with Crippen molar-refractivity contribution in [3.05, 3.63) is 39.7 Å². The van der Waals surface area contributed by atoms with Gasteiger partial charge in [-0.25, -0.2) is 0 Å². The van der Waals surface area contributed by atoms with Gasteiger partial charge in [0.15, 0.2) is 0 Å². The van der Waals surface area contributed by atoms with E-state index in [1.54, 1.807) is 23.6 Å². The van der Waals surface area contributed by atoms with Gasteiger partial charge in [0.05, 0.1) is 11.3 Å². The van der Waals surface area contributed by atoms with Gasteiger partial charge in [-0.3, -0.25) is 4.79 Å². The van der Waals surface area contributed by atoms with E-state index in [1.807, 2.05) is 12.1 Å². The maximum Gasteiger partial charge on any atom is 0.235 e. The van der Waals surface area contributed by atoms with Gasteiger partial charge in [-0.1, -0.05) is 0 Å². The zero-order chi connectivity index (χ0) is 14.5. The molecule has 0 aliphatic heterocycles. The zero-order valence-electron chi connectivity index (χ0n) is 10.2. The fraction of sp³-hybridized carbons (Fsp3) is 0.0769. The summed E-state index contributed by atoms with van der Waals surface area (Å²) in [4.78, 5) is 12.8. The molecule has 2 aromatic rings. The number of nitrogen functional groups attached to an aromatic ring is 1. The first-order chi connectivity index (χ1) is 9.60. The number of nitrogens with zero attached hydrogens (tertiary/aromatic N) is 1. The average molecular weight is 368 g/mol. The monoisotopic (exact) mass is 367 g/mol. The lowest BCUT2D eigenvalue weighted by Crippen LogP contribution is -2.13. The zero-order valence-corrected chi connectivity index (χ0v) is 13.4. The van der Waals surface area contributed by atoms with Crippen LogP contribution in [0.5, 0.6) is 0 Å². The molecule has 3 N–H and O–H groups in total. The molecule has 2 rings (SSSR count). The number of carbonyl (C=O) groups is 1. The number of nitrogens with one attached hydrogen (secondary N) is 1. The molecule has 20 heavy (non-hydrogen) atoms. The van der Waals surface area contributed by atoms with Crippen LogP contribution in [0.2, 0.25) is 0 Å². The van der Waals surface area contributed by atoms with Crippen LogP contribution in [0.1, 0.15) is 5.56 Å². The molecular formula is C13H10BrN3OS2. The highest BCUT2D eigenvalue weighted by Gasteiger charge is 2.09. The Morgan fingerprint density at radius 3 is 3.00 bits per heavy atom. The minimum absolute atomic E-state index is 0.141. The number of thioether (sulfide) groups is 1. The number of rotatable bonds is 4. The summed E-state index contributed by atoms with van der Waals surface area (Å²) in [5, 5.41) is 14.0. The number of carbonyl (C=O) groups excluding carboxylic acids is 1. The largest absolute Gasteiger partial charge is 0.399 e. The lowest BCUT2D eigenvalue weighted by atomic mass is 10.3. The highest BCUT2D eigenvalue weighted by Crippen LogP contribution is 2.29. The number of nitriles is 1. The van der Waals surface area contributed by atoms with Crippen LogP contribution in [-0.2, 0) is 4.79 Å². The number of thiophene rings is 1. The minimum atomic E-state index is -0.141. The minimum Gasteiger partial charge on any atom is -0.399 e. The average Bonchev–Trinajstić information content (AvgIpc) is 2.85. The predicted molar refractivity (Wildman–Crippen MR) is 86.9 cm³/mol. The van der Waals surface area contributed by atoms with E-state index in [9.17, 15) is 4.79 Å². The Hall–Kier alpha value is -1.49. The molecule has 0 aliphatic carbocycles. The Balaban J connectivity index is 1.94. The van der Waals surface area contributed by atoms with Crippen molar-refractivity contribution in [1.82, 2.24) is 0 Å². The molecular weight excluding hydrogens is 358 g/mol. The van der Waals surface area contributed by atoms with Crippen molar-refractivity contribution >= 4 is 55.6 Å². The summed E-state index contributed by atoms with van der Waals surface area (Å²) in [5.41, 5.74) is 6.82. The normalized spacial score (nSPS) is 10.0. The molecule has 7 heteroatoms. The summed E-state index contributed by atoms with van der Waals surface area (Å²) in [6, 6.07) is 9.18. The summed E-state index contributed by atoms with van der Waals surface area (Å²) in [6.45, 7) is 0. The molecule has 0 radical (unpaired) electrons. The Kier molecular flexibility index (Phi) is 5.06. The number of anilines is 2. The van der Waals surface area contributed by atoms with Crippen LogP contribution < -0.4 is 11.1 Å². The van der Waals surface area contributed by atoms with Crippen molar-refractivity contribution in [3.8, 4) is 6.07 Å². The van der Waals surface area contributed by atoms with Crippen LogP contribution in [0.25, 0.3) is 0 Å². The molecule has 102 valence electrons. The highest BCUT2D eigenvalue weighted by molar-refractivity contribution is 9.10. The molecule has 4 nitrogen and oxygen atoms in total. The van der Waals surface area contributed by atoms with Gasteiger partial charge in [0.1, 0.15) is 11.1 Å². The van der Waals surface area contributed by atoms with Gasteiger partial charge in [-0.15, -0.1) is 23.1 Å². The van der Waals surface area contributed by atoms with Gasteiger partial charge < -0.3 is 11.1 Å². The summed E-state index contributed by atoms with van der Waals surface area (Å²) < 4.78 is 0.865. The molecule has 1 amide bonds. The van der Waals surface area contributed by atoms with Crippen molar-refractivity contribution in [1.29, 1.82) is 5.26 Å². The fourth-order valence-corrected chi connectivity index (χ4v) is 3.65. The lowest BCUT2D eigenvalue weighted by Gasteiger charge is -2.06. The first kappa shape index (κ1) is 14.9. The SMILES string of the molecule is N#Cc1ccsc1NC(=O)CSc1ccc(N)cc1Br. The van der Waals surface area contributed by atoms with Crippen molar-refractivity contribution in [2.75, 3.05) is 16.8 Å². The van der Waals surface area contributed by atoms with Crippen LogP contribution in [0.3, 0.4) is 0 Å². The summed E-state index contributed by atoms with van der Waals surface area (Å²) in [6.07, 6.45) is 0. The second-order valence-electron chi connectivity index (χ2n) is 3.80. The topological polar surface area (TPSA) is 78.9 Å². The molecule has 0 atom stereocenters. The Labute approximate surface area is 133 Å². The number of hydrogen-bond donors (Lipinski definition) is 2. The van der Waals surface area contributed by atoms with Crippen LogP contribution in [0.15, 0.2) is 39.0 Å². The van der Waals surface area contributed by atoms with E-state index in [1.165, 1.54) is 23.1 Å². The summed E-state index contributed by atoms with van der Waals surface area (Å²) >= 11 is 6.15. The van der Waals surface area contributed by atoms with Gasteiger partial charge in [0, 0.05) is 15.1 Å². The third-order valence-corrected chi connectivity index (χ3v) is 5.18. The second-order valence-corrected chi connectivity index (χ2v) is 6.59. The van der Waals surface area contributed by atoms with Gasteiger partial charge in [0.25, 0.3) is 0 Å². The second kappa shape index (κ2) is 6.79. The van der Waals surface area contributed by atoms with Crippen molar-refractivity contribution in [2.24, 2.45) is 0 Å². The molecule has 0 fully saturated rings. The van der Waals surface area contributed by atoms with E-state index in [4.69, 9.17) is 11.0 Å². The standard InChI is InChI=1S/C13H10BrN3OS2/c14-10-5-9(16)1-2-11(10)20-7-12(18)17-13-8(6-15)3-4-19-13/h1-5H,7,16H2,(H,17,18). The van der Waals surface area contributed by atoms with Crippen LogP contribution >= 0.6 is 39.0 Å². The summed E-state index contributed by atoms with van der Waals surface area (Å²) in [7, 11) is 0. The first-order valence-corrected chi connectivity index (χ1v) is 8.21. The number of hydrogen-bond acceptors (Lipinski definition) is 5. The molecule has 0 bridgehead atoms. The first-order valence-electron chi connectivity index (χ1n) is 5.55. The smallest absolute Gasteiger partial charge is 0.235 e. The van der Waals surface area contributed by atoms with Crippen LogP contribution in [0, 0.1) is 11.3 Å². The van der Waals surface area contributed by atoms with E-state index in [2.05, 4.69) is 21.2 Å². The quantitative estimate of drug-likeness (QED) is 0.637. The fourth-order valence-electron chi connectivity index (χ4n) is 1.43. The Morgan fingerprint density at radius 1 is 1.50 bits per heavy atom. The number of halogens is 1. The van der Waals surface area contributed by atoms with E-state index < -0.39 is 0 Å². The van der Waals surface area contributed by atoms with Crippen molar-refractivity contribution in [2.45, 2.75) is 4.90 Å². The molecule has 1 aromatic carbocycles. The molecule has 1 heterocycles. The van der Waals surface area contributed by atoms with Crippen molar-refractivity contribution in [3.63, 3.8) is 0 Å². The third-order valence-electron chi connectivity index (χ3n) is 2.35. The Bertz CT molecular complexity index is 678. The number of benzene rings is 1. The van der Waals surface area contributed by atoms with Gasteiger partial charge >= 0.3 is 0 Å². The maximum absolute atomic E-state index is 11.9. The number of nitrogens with two attached hydrogens (primary N) is 1. The van der Waals surface area contributed by atoms with Gasteiger partial charge in [-0.2, -0.15) is 5.26 Å². The highest BCUT2D eigenvalue weighted by atomic mass is 79.9. The van der Waals surface area contributed by atoms with E-state index in [0.717, 1.165) is 9.37 Å². The van der Waals surface area contributed by atoms with Crippen molar-refractivity contribution < 1.29 is 4.79 Å². The molecule has 0 saturated carbocycles. The lowest BCUT2D eigenvalue weighted by molar-refractivity contribution is -0.113. The van der Waals surface area contributed by atoms with Gasteiger partial charge in [-0.05, 0) is 45.6 Å². The maximum atomic E-state index is 11.9. The Morgan fingerprint density at radius 2 is 2.30 bits per heavy atom. The molecule has 0 unspecified atom stereocenters. The van der Waals surface area contributed by atoms with E-state index >= 15 is 0 Å². The van der Waals surface area contributed by atoms with E-state index in [-0.39, 0.29) is 11.7 Å². The summed E-state index contributed by atoms with van der Waals surface area (Å²) in [5.74, 6) is 0.128.